The van der Waals surface area contributed by atoms with E-state index in [-0.39, 0.29) is 18.1 Å². The maximum Gasteiger partial charge on any atom is 0.242 e. The highest BCUT2D eigenvalue weighted by atomic mass is 16.3. The Labute approximate surface area is 147 Å². The Balaban J connectivity index is 1.72. The van der Waals surface area contributed by atoms with Gasteiger partial charge in [-0.2, -0.15) is 0 Å². The topological polar surface area (TPSA) is 52.6 Å². The van der Waals surface area contributed by atoms with E-state index < -0.39 is 0 Å². The van der Waals surface area contributed by atoms with Crippen LogP contribution in [0.4, 0.5) is 5.69 Å². The Morgan fingerprint density at radius 2 is 1.40 bits per heavy atom. The van der Waals surface area contributed by atoms with Gasteiger partial charge in [0.05, 0.1) is 18.7 Å². The standard InChI is InChI=1S/C21H20N2O2/c24-20-13-11-17(12-14-20)15-21(25)22-23(19-9-5-2-6-10-19)16-18-7-3-1-4-8-18/h1-14,24H,15-16H2,(H,22,25). The maximum absolute atomic E-state index is 12.5. The average molecular weight is 332 g/mol. The minimum absolute atomic E-state index is 0.106. The lowest BCUT2D eigenvalue weighted by Crippen LogP contribution is -2.42. The Morgan fingerprint density at radius 3 is 2.04 bits per heavy atom. The summed E-state index contributed by atoms with van der Waals surface area (Å²) in [5, 5.41) is 11.2. The van der Waals surface area contributed by atoms with Crippen molar-refractivity contribution in [3.8, 4) is 5.75 Å². The second-order valence-electron chi connectivity index (χ2n) is 5.79. The van der Waals surface area contributed by atoms with Crippen molar-refractivity contribution >= 4 is 11.6 Å². The molecule has 0 saturated carbocycles. The molecule has 25 heavy (non-hydrogen) atoms. The van der Waals surface area contributed by atoms with Crippen molar-refractivity contribution in [3.05, 3.63) is 96.1 Å². The Kier molecular flexibility index (Phi) is 5.32. The maximum atomic E-state index is 12.5. The van der Waals surface area contributed by atoms with Crippen molar-refractivity contribution in [2.75, 3.05) is 5.01 Å². The van der Waals surface area contributed by atoms with Crippen LogP contribution in [0, 0.1) is 0 Å². The number of para-hydroxylation sites is 1. The molecule has 3 aromatic rings. The van der Waals surface area contributed by atoms with Gasteiger partial charge in [0.25, 0.3) is 0 Å². The zero-order valence-corrected chi connectivity index (χ0v) is 13.8. The first-order valence-electron chi connectivity index (χ1n) is 8.14. The van der Waals surface area contributed by atoms with Crippen LogP contribution in [0.25, 0.3) is 0 Å². The molecule has 0 radical (unpaired) electrons. The van der Waals surface area contributed by atoms with E-state index in [0.717, 1.165) is 16.8 Å². The van der Waals surface area contributed by atoms with Crippen LogP contribution in [0.15, 0.2) is 84.9 Å². The number of hydrogen-bond acceptors (Lipinski definition) is 3. The minimum Gasteiger partial charge on any atom is -0.508 e. The molecule has 0 bridgehead atoms. The van der Waals surface area contributed by atoms with Crippen molar-refractivity contribution in [3.63, 3.8) is 0 Å². The number of carbonyl (C=O) groups is 1. The Hall–Kier alpha value is -3.27. The molecule has 2 N–H and O–H groups in total. The first-order chi connectivity index (χ1) is 12.2. The van der Waals surface area contributed by atoms with Crippen LogP contribution >= 0.6 is 0 Å². The third-order valence-electron chi connectivity index (χ3n) is 3.81. The number of phenols is 1. The highest BCUT2D eigenvalue weighted by molar-refractivity contribution is 5.80. The number of aromatic hydroxyl groups is 1. The molecule has 0 aliphatic rings. The lowest BCUT2D eigenvalue weighted by molar-refractivity contribution is -0.120. The summed E-state index contributed by atoms with van der Waals surface area (Å²) >= 11 is 0. The van der Waals surface area contributed by atoms with Gasteiger partial charge in [-0.3, -0.25) is 15.2 Å². The lowest BCUT2D eigenvalue weighted by Gasteiger charge is -2.25. The normalized spacial score (nSPS) is 10.2. The fourth-order valence-electron chi connectivity index (χ4n) is 2.56. The fourth-order valence-corrected chi connectivity index (χ4v) is 2.56. The number of rotatable bonds is 6. The van der Waals surface area contributed by atoms with E-state index in [1.807, 2.05) is 65.7 Å². The molecule has 0 aliphatic carbocycles. The monoisotopic (exact) mass is 332 g/mol. The number of carbonyl (C=O) groups excluding carboxylic acids is 1. The molecule has 4 heteroatoms. The van der Waals surface area contributed by atoms with Gasteiger partial charge in [-0.05, 0) is 35.4 Å². The molecule has 3 rings (SSSR count). The molecule has 3 aromatic carbocycles. The van der Waals surface area contributed by atoms with E-state index in [2.05, 4.69) is 5.43 Å². The molecule has 0 saturated heterocycles. The molecule has 0 fully saturated rings. The minimum atomic E-state index is -0.106. The summed E-state index contributed by atoms with van der Waals surface area (Å²) in [6.45, 7) is 0.576. The number of nitrogens with one attached hydrogen (secondary N) is 1. The van der Waals surface area contributed by atoms with Crippen LogP contribution in [-0.2, 0) is 17.8 Å². The third-order valence-corrected chi connectivity index (χ3v) is 3.81. The van der Waals surface area contributed by atoms with E-state index in [0.29, 0.717) is 6.54 Å². The number of nitrogens with zero attached hydrogens (tertiary/aromatic N) is 1. The van der Waals surface area contributed by atoms with Gasteiger partial charge in [-0.15, -0.1) is 0 Å². The summed E-state index contributed by atoms with van der Waals surface area (Å²) in [7, 11) is 0. The zero-order valence-electron chi connectivity index (χ0n) is 13.8. The summed E-state index contributed by atoms with van der Waals surface area (Å²) in [4.78, 5) is 12.5. The highest BCUT2D eigenvalue weighted by Gasteiger charge is 2.11. The van der Waals surface area contributed by atoms with E-state index in [1.54, 1.807) is 24.3 Å². The van der Waals surface area contributed by atoms with Gasteiger partial charge in [-0.25, -0.2) is 0 Å². The highest BCUT2D eigenvalue weighted by Crippen LogP contribution is 2.15. The molecule has 1 amide bonds. The average Bonchev–Trinajstić information content (AvgIpc) is 2.65. The third kappa shape index (κ3) is 4.85. The molecule has 4 nitrogen and oxygen atoms in total. The second kappa shape index (κ2) is 8.02. The Bertz CT molecular complexity index is 802. The summed E-state index contributed by atoms with van der Waals surface area (Å²) in [5.41, 5.74) is 5.86. The SMILES string of the molecule is O=C(Cc1ccc(O)cc1)NN(Cc1ccccc1)c1ccccc1. The summed E-state index contributed by atoms with van der Waals surface area (Å²) < 4.78 is 0. The molecule has 0 atom stereocenters. The quantitative estimate of drug-likeness (QED) is 0.677. The van der Waals surface area contributed by atoms with E-state index in [9.17, 15) is 9.90 Å². The van der Waals surface area contributed by atoms with Crippen molar-refractivity contribution in [2.45, 2.75) is 13.0 Å². The first-order valence-corrected chi connectivity index (χ1v) is 8.14. The van der Waals surface area contributed by atoms with Crippen molar-refractivity contribution in [1.82, 2.24) is 5.43 Å². The molecular formula is C21H20N2O2. The van der Waals surface area contributed by atoms with Gasteiger partial charge < -0.3 is 5.11 Å². The molecule has 0 unspecified atom stereocenters. The smallest absolute Gasteiger partial charge is 0.242 e. The summed E-state index contributed by atoms with van der Waals surface area (Å²) in [5.74, 6) is 0.0876. The number of amides is 1. The van der Waals surface area contributed by atoms with Gasteiger partial charge in [0.1, 0.15) is 5.75 Å². The van der Waals surface area contributed by atoms with Crippen LogP contribution in [0.1, 0.15) is 11.1 Å². The zero-order chi connectivity index (χ0) is 17.5. The summed E-state index contributed by atoms with van der Waals surface area (Å²) in [6, 6.07) is 26.4. The Morgan fingerprint density at radius 1 is 0.800 bits per heavy atom. The largest absolute Gasteiger partial charge is 0.508 e. The number of hydrazine groups is 1. The van der Waals surface area contributed by atoms with Crippen molar-refractivity contribution in [1.29, 1.82) is 0 Å². The van der Waals surface area contributed by atoms with Crippen LogP contribution < -0.4 is 10.4 Å². The molecular weight excluding hydrogens is 312 g/mol. The fraction of sp³-hybridized carbons (Fsp3) is 0.0952. The number of phenolic OH excluding ortho intramolecular Hbond substituents is 1. The van der Waals surface area contributed by atoms with Crippen molar-refractivity contribution in [2.24, 2.45) is 0 Å². The second-order valence-corrected chi connectivity index (χ2v) is 5.79. The molecule has 126 valence electrons. The van der Waals surface area contributed by atoms with Crippen molar-refractivity contribution < 1.29 is 9.90 Å². The number of benzene rings is 3. The molecule has 0 aliphatic heterocycles. The molecule has 0 spiro atoms. The van der Waals surface area contributed by atoms with E-state index >= 15 is 0 Å². The van der Waals surface area contributed by atoms with Crippen LogP contribution in [-0.4, -0.2) is 11.0 Å². The van der Waals surface area contributed by atoms with E-state index in [4.69, 9.17) is 0 Å². The first kappa shape index (κ1) is 16.6. The van der Waals surface area contributed by atoms with Gasteiger partial charge >= 0.3 is 0 Å². The predicted octanol–water partition coefficient (Wildman–Crippen LogP) is 3.67. The van der Waals surface area contributed by atoms with E-state index in [1.165, 1.54) is 0 Å². The van der Waals surface area contributed by atoms with Crippen LogP contribution in [0.3, 0.4) is 0 Å². The van der Waals surface area contributed by atoms with Gasteiger partial charge in [0, 0.05) is 0 Å². The number of hydrogen-bond donors (Lipinski definition) is 2. The lowest BCUT2D eigenvalue weighted by atomic mass is 10.1. The number of anilines is 1. The predicted molar refractivity (Wildman–Crippen MR) is 99.0 cm³/mol. The van der Waals surface area contributed by atoms with Gasteiger partial charge in [0.2, 0.25) is 5.91 Å². The van der Waals surface area contributed by atoms with Gasteiger partial charge in [-0.1, -0.05) is 60.7 Å². The van der Waals surface area contributed by atoms with Crippen LogP contribution in [0.5, 0.6) is 5.75 Å². The molecule has 0 aromatic heterocycles. The summed E-state index contributed by atoms with van der Waals surface area (Å²) in [6.07, 6.45) is 0.248. The van der Waals surface area contributed by atoms with Crippen LogP contribution in [0.2, 0.25) is 0 Å². The molecule has 0 heterocycles. The van der Waals surface area contributed by atoms with Gasteiger partial charge in [0.15, 0.2) is 0 Å².